The van der Waals surface area contributed by atoms with E-state index >= 15 is 4.39 Å². The summed E-state index contributed by atoms with van der Waals surface area (Å²) < 4.78 is 41.7. The number of aromatic carboxylic acids is 1. The molecular formula is C57H70FN7O15. The van der Waals surface area contributed by atoms with Gasteiger partial charge in [0.15, 0.2) is 17.3 Å². The van der Waals surface area contributed by atoms with Gasteiger partial charge in [0.2, 0.25) is 5.43 Å². The predicted octanol–water partition coefficient (Wildman–Crippen LogP) is 5.58. The molecule has 9 rings (SSSR count). The number of esters is 1. The first-order valence-corrected chi connectivity index (χ1v) is 26.5. The number of phenols is 3. The molecule has 1 saturated heterocycles. The number of fused-ring (bicyclic) bond motifs is 15. The molecule has 5 aliphatic rings. The molecule has 1 saturated carbocycles. The van der Waals surface area contributed by atoms with Crippen molar-refractivity contribution in [2.75, 3.05) is 37.0 Å². The van der Waals surface area contributed by atoms with E-state index in [9.17, 15) is 54.6 Å². The molecule has 9 atom stereocenters. The SMILES string of the molecule is COc1c(N2CCC(N(CC(C)C)/N=C/c3c4c(O)c5c(O)c(C)c6c(c5c3O)C(=O)[C@@](C)(O/C=C/C[C@@H](C)[C@@H](OC(C)=O)[C@H](N)[C@H](O)[C@H](N)[C@@H](O)[C@@H](C)/C=C/C=C(/C)C(=O)N4)O6)C2)c(F)cc2c(=O)c(C(=O)O)cn(C3CC3)c12. The monoisotopic (exact) mass is 1110 g/mol. The van der Waals surface area contributed by atoms with Gasteiger partial charge < -0.3 is 75.8 Å². The largest absolute Gasteiger partial charge is 0.507 e. The summed E-state index contributed by atoms with van der Waals surface area (Å²) in [5, 5.41) is 77.5. The Kier molecular flexibility index (Phi) is 16.6. The van der Waals surface area contributed by atoms with Gasteiger partial charge in [0.05, 0.1) is 83.0 Å². The summed E-state index contributed by atoms with van der Waals surface area (Å²) in [5.41, 5.74) is 10.9. The molecule has 4 aromatic rings. The number of allylic oxidation sites excluding steroid dienone is 3. The summed E-state index contributed by atoms with van der Waals surface area (Å²) in [7, 11) is 1.35. The molecule has 1 unspecified atom stereocenters. The van der Waals surface area contributed by atoms with Gasteiger partial charge in [-0.25, -0.2) is 9.18 Å². The Hall–Kier alpha value is -7.73. The average Bonchev–Trinajstić information content (AvgIpc) is 4.24. The van der Waals surface area contributed by atoms with Crippen LogP contribution < -0.4 is 36.6 Å². The maximum Gasteiger partial charge on any atom is 0.341 e. The van der Waals surface area contributed by atoms with Crippen LogP contribution in [0.15, 0.2) is 58.3 Å². The number of carbonyl (C=O) groups is 4. The number of pyridine rings is 1. The number of anilines is 2. The minimum Gasteiger partial charge on any atom is -0.507 e. The number of hydrogen-bond acceptors (Lipinski definition) is 19. The molecule has 23 heteroatoms. The lowest BCUT2D eigenvalue weighted by Crippen LogP contribution is -2.59. The van der Waals surface area contributed by atoms with E-state index in [0.29, 0.717) is 13.0 Å². The van der Waals surface area contributed by atoms with Gasteiger partial charge in [0, 0.05) is 68.2 Å². The van der Waals surface area contributed by atoms with Crippen LogP contribution in [0.5, 0.6) is 28.7 Å². The van der Waals surface area contributed by atoms with E-state index in [-0.39, 0.29) is 87.2 Å². The van der Waals surface area contributed by atoms with Crippen LogP contribution in [-0.4, -0.2) is 139 Å². The van der Waals surface area contributed by atoms with Crippen molar-refractivity contribution >= 4 is 62.9 Å². The molecule has 80 heavy (non-hydrogen) atoms. The van der Waals surface area contributed by atoms with Crippen molar-refractivity contribution in [2.45, 2.75) is 129 Å². The van der Waals surface area contributed by atoms with Crippen LogP contribution >= 0.6 is 0 Å². The van der Waals surface area contributed by atoms with Crippen LogP contribution in [0.25, 0.3) is 21.7 Å². The fourth-order valence-electron chi connectivity index (χ4n) is 10.8. The summed E-state index contributed by atoms with van der Waals surface area (Å²) in [6, 6.07) is -2.15. The second-order valence-corrected chi connectivity index (χ2v) is 21.9. The number of hydrogen-bond donors (Lipinski definition) is 9. The number of carboxylic acid groups (broad SMARTS) is 1. The molecule has 5 heterocycles. The lowest BCUT2D eigenvalue weighted by molar-refractivity contribution is -0.152. The van der Waals surface area contributed by atoms with E-state index in [0.717, 1.165) is 18.9 Å². The number of nitrogens with two attached hydrogens (primary N) is 2. The predicted molar refractivity (Wildman–Crippen MR) is 295 cm³/mol. The second-order valence-electron chi connectivity index (χ2n) is 21.9. The lowest BCUT2D eigenvalue weighted by atomic mass is 9.85. The number of ketones is 1. The standard InChI is InChI=1S/C57H70FN7O15/c1-25(2)22-65(32-17-18-63(23-32)44-36(58)20-33-43(53(44)77-9)64(31-15-16-31)24-35(47(33)69)56(75)76)61-21-34-42-49(71)38-37(48(34)70)39-52(29(6)46(38)68)80-57(8,54(39)73)78-19-11-14-27(4)51(79-30(7)66)41(60)50(72)40(59)45(67)26(3)12-10-13-28(5)55(74)62-42/h10-13,19-21,24-27,31-32,40-41,45,50-51,67-68,70-72H,14-18,22-23,59-60H2,1-9H3,(H,62,74)(H,75,76)/b12-10+,19-11+,28-13-,61-21+/t26-,27+,32?,40+,41+,45-,50+,51+,57-/m0/s1. The molecule has 1 aliphatic carbocycles. The summed E-state index contributed by atoms with van der Waals surface area (Å²) >= 11 is 0. The smallest absolute Gasteiger partial charge is 0.341 e. The summed E-state index contributed by atoms with van der Waals surface area (Å²) in [5.74, 6) is -10.3. The Balaban J connectivity index is 1.23. The van der Waals surface area contributed by atoms with Gasteiger partial charge in [-0.3, -0.25) is 24.2 Å². The molecule has 11 N–H and O–H groups in total. The number of nitrogens with one attached hydrogen (secondary N) is 1. The summed E-state index contributed by atoms with van der Waals surface area (Å²) in [6.07, 6.45) is 7.41. The number of aliphatic hydroxyl groups is 2. The number of amides is 1. The topological polar surface area (TPSA) is 331 Å². The maximum atomic E-state index is 16.5. The molecule has 3 aromatic carbocycles. The van der Waals surface area contributed by atoms with Gasteiger partial charge in [0.1, 0.15) is 34.6 Å². The number of aromatic nitrogens is 1. The number of carbonyl (C=O) groups excluding carboxylic acids is 3. The summed E-state index contributed by atoms with van der Waals surface area (Å²) in [4.78, 5) is 68.5. The molecule has 430 valence electrons. The molecule has 5 bridgehead atoms. The zero-order valence-electron chi connectivity index (χ0n) is 46.0. The number of ether oxygens (including phenoxy) is 4. The highest BCUT2D eigenvalue weighted by Crippen LogP contribution is 2.55. The fraction of sp³-hybridized carbons (Fsp3) is 0.474. The van der Waals surface area contributed by atoms with Crippen molar-refractivity contribution in [3.8, 4) is 28.7 Å². The Labute approximate surface area is 460 Å². The van der Waals surface area contributed by atoms with Crippen molar-refractivity contribution in [1.82, 2.24) is 9.58 Å². The maximum absolute atomic E-state index is 16.5. The van der Waals surface area contributed by atoms with Crippen molar-refractivity contribution in [1.29, 1.82) is 0 Å². The summed E-state index contributed by atoms with van der Waals surface area (Å²) in [6.45, 7) is 13.3. The van der Waals surface area contributed by atoms with E-state index in [2.05, 4.69) is 5.32 Å². The highest BCUT2D eigenvalue weighted by molar-refractivity contribution is 6.24. The zero-order valence-corrected chi connectivity index (χ0v) is 46.0. The van der Waals surface area contributed by atoms with Crippen LogP contribution in [0.3, 0.4) is 0 Å². The Morgan fingerprint density at radius 2 is 1.74 bits per heavy atom. The van der Waals surface area contributed by atoms with Crippen LogP contribution in [0.2, 0.25) is 0 Å². The van der Waals surface area contributed by atoms with Gasteiger partial charge in [-0.1, -0.05) is 45.9 Å². The third-order valence-corrected chi connectivity index (χ3v) is 15.4. The molecule has 2 fully saturated rings. The van der Waals surface area contributed by atoms with Crippen molar-refractivity contribution in [2.24, 2.45) is 34.3 Å². The number of phenolic OH excluding ortho intramolecular Hbond substituents is 3. The fourth-order valence-corrected chi connectivity index (χ4v) is 10.8. The van der Waals surface area contributed by atoms with E-state index < -0.39 is 123 Å². The molecule has 22 nitrogen and oxygen atoms in total. The van der Waals surface area contributed by atoms with Crippen LogP contribution in [0.4, 0.5) is 15.8 Å². The number of hydrazone groups is 1. The van der Waals surface area contributed by atoms with E-state index in [1.54, 1.807) is 28.3 Å². The highest BCUT2D eigenvalue weighted by atomic mass is 19.1. The lowest BCUT2D eigenvalue weighted by Gasteiger charge is -2.36. The van der Waals surface area contributed by atoms with Gasteiger partial charge in [0.25, 0.3) is 11.7 Å². The Morgan fingerprint density at radius 1 is 1.04 bits per heavy atom. The average molecular weight is 1110 g/mol. The first-order chi connectivity index (χ1) is 37.7. The molecule has 0 radical (unpaired) electrons. The minimum atomic E-state index is -2.13. The number of rotatable bonds is 10. The first kappa shape index (κ1) is 58.4. The van der Waals surface area contributed by atoms with Crippen LogP contribution in [0.1, 0.15) is 112 Å². The van der Waals surface area contributed by atoms with Crippen LogP contribution in [-0.2, 0) is 19.1 Å². The zero-order chi connectivity index (χ0) is 58.6. The molecule has 1 amide bonds. The Morgan fingerprint density at radius 3 is 2.38 bits per heavy atom. The number of nitrogens with zero attached hydrogens (tertiary/aromatic N) is 4. The van der Waals surface area contributed by atoms with Gasteiger partial charge in [-0.05, 0) is 63.5 Å². The third kappa shape index (κ3) is 10.9. The van der Waals surface area contributed by atoms with E-state index in [1.807, 2.05) is 13.8 Å². The third-order valence-electron chi connectivity index (χ3n) is 15.4. The highest BCUT2D eigenvalue weighted by Gasteiger charge is 2.50. The molecule has 1 aromatic heterocycles. The van der Waals surface area contributed by atoms with Crippen molar-refractivity contribution < 1.29 is 73.2 Å². The number of methoxy groups -OCH3 is 1. The van der Waals surface area contributed by atoms with E-state index in [4.69, 9.17) is 35.5 Å². The number of aliphatic hydroxyl groups excluding tert-OH is 2. The minimum absolute atomic E-state index is 0.0218. The van der Waals surface area contributed by atoms with E-state index in [1.165, 1.54) is 77.8 Å². The Bertz CT molecular complexity index is 3350. The number of aromatic hydroxyl groups is 3. The first-order valence-electron chi connectivity index (χ1n) is 26.5. The molecule has 0 spiro atoms. The number of halogens is 1. The second kappa shape index (κ2) is 22.8. The van der Waals surface area contributed by atoms with Crippen LogP contribution in [0, 0.1) is 30.5 Å². The quantitative estimate of drug-likeness (QED) is 0.0308. The number of Topliss-reactive ketones (excluding diaryl/α,β-unsaturated/α-hetero) is 1. The molecular weight excluding hydrogens is 1040 g/mol. The van der Waals surface area contributed by atoms with Crippen molar-refractivity contribution in [3.63, 3.8) is 0 Å². The van der Waals surface area contributed by atoms with Gasteiger partial charge >= 0.3 is 17.7 Å². The van der Waals surface area contributed by atoms with Gasteiger partial charge in [-0.15, -0.1) is 0 Å². The van der Waals surface area contributed by atoms with Crippen molar-refractivity contribution in [3.05, 3.63) is 86.7 Å². The number of carboxylic acids is 1. The number of benzene rings is 3. The van der Waals surface area contributed by atoms with Gasteiger partial charge in [-0.2, -0.15) is 5.10 Å². The normalized spacial score (nSPS) is 27.3. The molecule has 4 aliphatic heterocycles.